The second-order valence-electron chi connectivity index (χ2n) is 4.92. The molecule has 0 radical (unpaired) electrons. The third-order valence-corrected chi connectivity index (χ3v) is 5.10. The predicted molar refractivity (Wildman–Crippen MR) is 85.2 cm³/mol. The highest BCUT2D eigenvalue weighted by Crippen LogP contribution is 2.29. The Morgan fingerprint density at radius 3 is 2.59 bits per heavy atom. The second-order valence-corrected chi connectivity index (χ2v) is 7.85. The summed E-state index contributed by atoms with van der Waals surface area (Å²) in [6.07, 6.45) is 0.962. The summed E-state index contributed by atoms with van der Waals surface area (Å²) in [6, 6.07) is 4.08. The molecular weight excluding hydrogens is 326 g/mol. The van der Waals surface area contributed by atoms with Gasteiger partial charge < -0.3 is 4.90 Å². The van der Waals surface area contributed by atoms with Crippen LogP contribution in [-0.2, 0) is 16.4 Å². The fourth-order valence-electron chi connectivity index (χ4n) is 1.96. The first kappa shape index (κ1) is 16.4. The van der Waals surface area contributed by atoms with Crippen LogP contribution in [0.2, 0.25) is 0 Å². The zero-order valence-corrected chi connectivity index (χ0v) is 13.9. The van der Waals surface area contributed by atoms with Gasteiger partial charge in [-0.1, -0.05) is 0 Å². The topological polar surface area (TPSA) is 93.4 Å². The van der Waals surface area contributed by atoms with Gasteiger partial charge in [-0.05, 0) is 19.1 Å². The van der Waals surface area contributed by atoms with Crippen LogP contribution in [0.25, 0.3) is 0 Å². The van der Waals surface area contributed by atoms with Crippen molar-refractivity contribution in [1.82, 2.24) is 4.98 Å². The van der Waals surface area contributed by atoms with E-state index in [1.54, 1.807) is 11.9 Å². The Morgan fingerprint density at radius 2 is 2.09 bits per heavy atom. The van der Waals surface area contributed by atoms with Crippen molar-refractivity contribution in [3.63, 3.8) is 0 Å². The lowest BCUT2D eigenvalue weighted by Crippen LogP contribution is -2.17. The zero-order chi connectivity index (χ0) is 16.5. The molecule has 0 bridgehead atoms. The summed E-state index contributed by atoms with van der Waals surface area (Å²) in [4.78, 5) is 16.1. The molecule has 0 aliphatic rings. The lowest BCUT2D eigenvalue weighted by Gasteiger charge is -2.18. The van der Waals surface area contributed by atoms with Crippen molar-refractivity contribution in [1.29, 1.82) is 0 Å². The van der Waals surface area contributed by atoms with Gasteiger partial charge in [-0.15, -0.1) is 11.3 Å². The van der Waals surface area contributed by atoms with Crippen molar-refractivity contribution in [3.05, 3.63) is 44.4 Å². The Hall–Kier alpha value is -2.00. The molecule has 118 valence electrons. The molecule has 2 rings (SSSR count). The molecule has 0 aliphatic carbocycles. The second kappa shape index (κ2) is 6.01. The summed E-state index contributed by atoms with van der Waals surface area (Å²) >= 11 is 1.51. The van der Waals surface area contributed by atoms with Crippen molar-refractivity contribution in [2.45, 2.75) is 18.4 Å². The Morgan fingerprint density at radius 1 is 1.41 bits per heavy atom. The number of sulfone groups is 1. The maximum Gasteiger partial charge on any atom is 0.288 e. The standard InChI is InChI=1S/C13H15N3O4S2/c1-9-8-21-13(14-9)7-15(2)10-4-5-11(16(17)18)12(6-10)22(3,19)20/h4-6,8H,7H2,1-3H3. The van der Waals surface area contributed by atoms with Gasteiger partial charge in [-0.3, -0.25) is 10.1 Å². The Bertz CT molecular complexity index is 814. The van der Waals surface area contributed by atoms with E-state index in [1.165, 1.54) is 29.5 Å². The predicted octanol–water partition coefficient (Wildman–Crippen LogP) is 2.40. The number of nitrogens with zero attached hydrogens (tertiary/aromatic N) is 3. The van der Waals surface area contributed by atoms with E-state index < -0.39 is 20.4 Å². The first-order valence-corrected chi connectivity index (χ1v) is 9.06. The SMILES string of the molecule is Cc1csc(CN(C)c2ccc([N+](=O)[O-])c(S(C)(=O)=O)c2)n1. The monoisotopic (exact) mass is 341 g/mol. The highest BCUT2D eigenvalue weighted by atomic mass is 32.2. The average Bonchev–Trinajstić information content (AvgIpc) is 2.82. The molecule has 0 aliphatic heterocycles. The van der Waals surface area contributed by atoms with Gasteiger partial charge in [0.05, 0.1) is 11.5 Å². The van der Waals surface area contributed by atoms with Gasteiger partial charge in [0.25, 0.3) is 5.69 Å². The average molecular weight is 341 g/mol. The van der Waals surface area contributed by atoms with Crippen LogP contribution in [0.4, 0.5) is 11.4 Å². The fourth-order valence-corrected chi connectivity index (χ4v) is 3.64. The van der Waals surface area contributed by atoms with Crippen LogP contribution in [0.5, 0.6) is 0 Å². The number of benzene rings is 1. The molecule has 0 N–H and O–H groups in total. The summed E-state index contributed by atoms with van der Waals surface area (Å²) in [5, 5.41) is 13.8. The van der Waals surface area contributed by atoms with E-state index in [4.69, 9.17) is 0 Å². The molecule has 1 aromatic carbocycles. The third-order valence-electron chi connectivity index (χ3n) is 3.02. The highest BCUT2D eigenvalue weighted by molar-refractivity contribution is 7.90. The number of nitro groups is 1. The fraction of sp³-hybridized carbons (Fsp3) is 0.308. The van der Waals surface area contributed by atoms with E-state index in [0.29, 0.717) is 12.2 Å². The minimum atomic E-state index is -3.68. The molecule has 1 aromatic heterocycles. The lowest BCUT2D eigenvalue weighted by atomic mass is 10.2. The molecule has 0 unspecified atom stereocenters. The lowest BCUT2D eigenvalue weighted by molar-refractivity contribution is -0.387. The zero-order valence-electron chi connectivity index (χ0n) is 12.3. The molecule has 0 fully saturated rings. The Labute approximate surface area is 132 Å². The van der Waals surface area contributed by atoms with Gasteiger partial charge in [0.15, 0.2) is 9.84 Å². The molecule has 0 saturated heterocycles. The Balaban J connectivity index is 2.38. The third kappa shape index (κ3) is 3.60. The molecular formula is C13H15N3O4S2. The van der Waals surface area contributed by atoms with Gasteiger partial charge in [0.2, 0.25) is 0 Å². The maximum absolute atomic E-state index is 11.8. The summed E-state index contributed by atoms with van der Waals surface area (Å²) in [5.41, 5.74) is 1.09. The molecule has 22 heavy (non-hydrogen) atoms. The van der Waals surface area contributed by atoms with Crippen molar-refractivity contribution < 1.29 is 13.3 Å². The normalized spacial score (nSPS) is 11.4. The molecule has 0 saturated carbocycles. The molecule has 0 spiro atoms. The summed E-state index contributed by atoms with van der Waals surface area (Å²) in [6.45, 7) is 2.40. The molecule has 7 nitrogen and oxygen atoms in total. The van der Waals surface area contributed by atoms with Crippen molar-refractivity contribution in [2.75, 3.05) is 18.2 Å². The van der Waals surface area contributed by atoms with Crippen LogP contribution in [0.3, 0.4) is 0 Å². The van der Waals surface area contributed by atoms with Crippen LogP contribution < -0.4 is 4.90 Å². The highest BCUT2D eigenvalue weighted by Gasteiger charge is 2.23. The van der Waals surface area contributed by atoms with Gasteiger partial charge in [-0.2, -0.15) is 0 Å². The van der Waals surface area contributed by atoms with E-state index in [-0.39, 0.29) is 4.90 Å². The molecule has 0 atom stereocenters. The first-order valence-electron chi connectivity index (χ1n) is 6.29. The molecule has 1 heterocycles. The smallest absolute Gasteiger partial charge is 0.288 e. The summed E-state index contributed by atoms with van der Waals surface area (Å²) in [7, 11) is -1.90. The van der Waals surface area contributed by atoms with E-state index in [1.807, 2.05) is 12.3 Å². The van der Waals surface area contributed by atoms with Gasteiger partial charge in [0.1, 0.15) is 9.90 Å². The van der Waals surface area contributed by atoms with E-state index in [2.05, 4.69) is 4.98 Å². The van der Waals surface area contributed by atoms with Crippen molar-refractivity contribution in [3.8, 4) is 0 Å². The quantitative estimate of drug-likeness (QED) is 0.612. The Kier molecular flexibility index (Phi) is 4.47. The number of anilines is 1. The number of hydrogen-bond acceptors (Lipinski definition) is 7. The maximum atomic E-state index is 11.8. The summed E-state index contributed by atoms with van der Waals surface area (Å²) < 4.78 is 23.5. The number of hydrogen-bond donors (Lipinski definition) is 0. The minimum Gasteiger partial charge on any atom is -0.368 e. The van der Waals surface area contributed by atoms with Gasteiger partial charge in [-0.25, -0.2) is 13.4 Å². The van der Waals surface area contributed by atoms with Crippen LogP contribution in [-0.4, -0.2) is 31.6 Å². The summed E-state index contributed by atoms with van der Waals surface area (Å²) in [5.74, 6) is 0. The van der Waals surface area contributed by atoms with Crippen LogP contribution in [0.1, 0.15) is 10.7 Å². The van der Waals surface area contributed by atoms with Crippen molar-refractivity contribution >= 4 is 32.5 Å². The molecule has 2 aromatic rings. The van der Waals surface area contributed by atoms with Crippen molar-refractivity contribution in [2.24, 2.45) is 0 Å². The van der Waals surface area contributed by atoms with Gasteiger partial charge >= 0.3 is 0 Å². The van der Waals surface area contributed by atoms with Crippen LogP contribution in [0, 0.1) is 17.0 Å². The number of aryl methyl sites for hydroxylation is 1. The number of aromatic nitrogens is 1. The van der Waals surface area contributed by atoms with E-state index in [0.717, 1.165) is 17.0 Å². The first-order chi connectivity index (χ1) is 10.2. The van der Waals surface area contributed by atoms with Gasteiger partial charge in [0, 0.05) is 36.1 Å². The van der Waals surface area contributed by atoms with E-state index >= 15 is 0 Å². The van der Waals surface area contributed by atoms with Crippen LogP contribution >= 0.6 is 11.3 Å². The number of thiazole rings is 1. The molecule has 9 heteroatoms. The van der Waals surface area contributed by atoms with E-state index in [9.17, 15) is 18.5 Å². The molecule has 0 amide bonds. The number of nitro benzene ring substituents is 1. The van der Waals surface area contributed by atoms with Crippen LogP contribution in [0.15, 0.2) is 28.5 Å². The number of rotatable bonds is 5. The minimum absolute atomic E-state index is 0.280. The largest absolute Gasteiger partial charge is 0.368 e.